The Kier molecular flexibility index (Phi) is 9.62. The first-order valence-electron chi connectivity index (χ1n) is 9.27. The van der Waals surface area contributed by atoms with Crippen molar-refractivity contribution in [2.24, 2.45) is 5.41 Å². The minimum Gasteiger partial charge on any atom is -0.481 e. The molecular weight excluding hydrogens is 304 g/mol. The molecule has 0 aromatic heterocycles. The third-order valence-corrected chi connectivity index (χ3v) is 4.77. The molecule has 1 fully saturated rings. The van der Waals surface area contributed by atoms with Gasteiger partial charge in [-0.3, -0.25) is 9.59 Å². The molecule has 0 heterocycles. The van der Waals surface area contributed by atoms with Gasteiger partial charge < -0.3 is 10.2 Å². The molecule has 2 N–H and O–H groups in total. The van der Waals surface area contributed by atoms with Crippen molar-refractivity contribution < 1.29 is 19.8 Å². The van der Waals surface area contributed by atoms with E-state index in [4.69, 9.17) is 5.11 Å². The molecule has 1 rings (SSSR count). The average Bonchev–Trinajstić information content (AvgIpc) is 2.90. The van der Waals surface area contributed by atoms with E-state index in [0.717, 1.165) is 51.4 Å². The number of carbonyl (C=O) groups excluding carboxylic acids is 1. The maximum atomic E-state index is 12.3. The Labute approximate surface area is 145 Å². The molecular formula is C20H32O4. The van der Waals surface area contributed by atoms with Gasteiger partial charge in [-0.15, -0.1) is 0 Å². The van der Waals surface area contributed by atoms with Gasteiger partial charge in [-0.1, -0.05) is 50.5 Å². The molecule has 1 aliphatic rings. The molecule has 2 atom stereocenters. The molecule has 4 heteroatoms. The molecule has 2 unspecified atom stereocenters. The van der Waals surface area contributed by atoms with Gasteiger partial charge in [0.2, 0.25) is 0 Å². The van der Waals surface area contributed by atoms with Crippen molar-refractivity contribution in [1.82, 2.24) is 0 Å². The number of aliphatic hydroxyl groups excluding tert-OH is 1. The van der Waals surface area contributed by atoms with E-state index < -0.39 is 17.5 Å². The lowest BCUT2D eigenvalue weighted by Crippen LogP contribution is -2.23. The molecule has 0 aliphatic heterocycles. The van der Waals surface area contributed by atoms with E-state index in [2.05, 4.69) is 6.92 Å². The maximum Gasteiger partial charge on any atom is 0.303 e. The van der Waals surface area contributed by atoms with Gasteiger partial charge in [0.25, 0.3) is 0 Å². The van der Waals surface area contributed by atoms with Crippen LogP contribution in [0.3, 0.4) is 0 Å². The third-order valence-electron chi connectivity index (χ3n) is 4.77. The summed E-state index contributed by atoms with van der Waals surface area (Å²) >= 11 is 0. The zero-order chi connectivity index (χ0) is 17.8. The zero-order valence-corrected chi connectivity index (χ0v) is 14.9. The van der Waals surface area contributed by atoms with Gasteiger partial charge in [0.05, 0.1) is 6.10 Å². The first-order valence-corrected chi connectivity index (χ1v) is 9.27. The Hall–Kier alpha value is -1.42. The van der Waals surface area contributed by atoms with Crippen molar-refractivity contribution in [2.75, 3.05) is 0 Å². The normalized spacial score (nSPS) is 22.7. The first kappa shape index (κ1) is 20.6. The van der Waals surface area contributed by atoms with Crippen LogP contribution in [0.5, 0.6) is 0 Å². The average molecular weight is 336 g/mol. The SMILES string of the molecule is CCCCCC(O)C=CC1(CCC=CCCC(=O)O)CCCC1=O. The van der Waals surface area contributed by atoms with E-state index in [1.807, 2.05) is 24.3 Å². The van der Waals surface area contributed by atoms with Crippen LogP contribution >= 0.6 is 0 Å². The summed E-state index contributed by atoms with van der Waals surface area (Å²) in [6.07, 6.45) is 15.7. The van der Waals surface area contributed by atoms with Crippen molar-refractivity contribution in [1.29, 1.82) is 0 Å². The quantitative estimate of drug-likeness (QED) is 0.408. The minimum atomic E-state index is -0.790. The number of Topliss-reactive ketones (excluding diaryl/α,β-unsaturated/α-hetero) is 1. The zero-order valence-electron chi connectivity index (χ0n) is 14.9. The van der Waals surface area contributed by atoms with Crippen LogP contribution in [0.2, 0.25) is 0 Å². The third kappa shape index (κ3) is 7.43. The Balaban J connectivity index is 2.51. The number of unbranched alkanes of at least 4 members (excludes halogenated alkanes) is 2. The smallest absolute Gasteiger partial charge is 0.303 e. The van der Waals surface area contributed by atoms with Crippen molar-refractivity contribution in [3.8, 4) is 0 Å². The summed E-state index contributed by atoms with van der Waals surface area (Å²) in [4.78, 5) is 22.8. The van der Waals surface area contributed by atoms with Gasteiger partial charge in [0.1, 0.15) is 5.78 Å². The molecule has 1 aliphatic carbocycles. The van der Waals surface area contributed by atoms with Gasteiger partial charge in [0.15, 0.2) is 0 Å². The number of ketones is 1. The lowest BCUT2D eigenvalue weighted by Gasteiger charge is -2.23. The van der Waals surface area contributed by atoms with E-state index >= 15 is 0 Å². The predicted octanol–water partition coefficient (Wildman–Crippen LogP) is 4.42. The van der Waals surface area contributed by atoms with E-state index in [9.17, 15) is 14.7 Å². The van der Waals surface area contributed by atoms with Crippen LogP contribution < -0.4 is 0 Å². The van der Waals surface area contributed by atoms with Crippen LogP contribution in [0.25, 0.3) is 0 Å². The summed E-state index contributed by atoms with van der Waals surface area (Å²) in [6, 6.07) is 0. The van der Waals surface area contributed by atoms with Crippen LogP contribution in [0, 0.1) is 5.41 Å². The van der Waals surface area contributed by atoms with Crippen molar-refractivity contribution in [2.45, 2.75) is 83.7 Å². The van der Waals surface area contributed by atoms with Crippen molar-refractivity contribution >= 4 is 11.8 Å². The molecule has 0 spiro atoms. The molecule has 0 radical (unpaired) electrons. The first-order chi connectivity index (χ1) is 11.5. The van der Waals surface area contributed by atoms with E-state index in [1.165, 1.54) is 0 Å². The maximum absolute atomic E-state index is 12.3. The molecule has 0 saturated heterocycles. The highest BCUT2D eigenvalue weighted by Gasteiger charge is 2.38. The number of aliphatic carboxylic acids is 1. The van der Waals surface area contributed by atoms with E-state index in [1.54, 1.807) is 0 Å². The van der Waals surface area contributed by atoms with Crippen molar-refractivity contribution in [3.05, 3.63) is 24.3 Å². The van der Waals surface area contributed by atoms with Gasteiger partial charge >= 0.3 is 5.97 Å². The topological polar surface area (TPSA) is 74.6 Å². The molecule has 0 bridgehead atoms. The number of aliphatic hydroxyl groups is 1. The highest BCUT2D eigenvalue weighted by Crippen LogP contribution is 2.40. The minimum absolute atomic E-state index is 0.143. The predicted molar refractivity (Wildman–Crippen MR) is 95.8 cm³/mol. The van der Waals surface area contributed by atoms with Gasteiger partial charge in [-0.05, 0) is 38.5 Å². The molecule has 0 aromatic carbocycles. The van der Waals surface area contributed by atoms with Crippen LogP contribution in [-0.4, -0.2) is 28.1 Å². The van der Waals surface area contributed by atoms with Crippen LogP contribution in [0.15, 0.2) is 24.3 Å². The van der Waals surface area contributed by atoms with Crippen molar-refractivity contribution in [3.63, 3.8) is 0 Å². The number of allylic oxidation sites excluding steroid dienone is 3. The summed E-state index contributed by atoms with van der Waals surface area (Å²) in [5.41, 5.74) is -0.428. The lowest BCUT2D eigenvalue weighted by atomic mass is 9.80. The summed E-state index contributed by atoms with van der Waals surface area (Å²) in [6.45, 7) is 2.14. The van der Waals surface area contributed by atoms with Crippen LogP contribution in [0.1, 0.15) is 77.6 Å². The summed E-state index contributed by atoms with van der Waals surface area (Å²) in [5, 5.41) is 18.7. The number of carboxylic acid groups (broad SMARTS) is 1. The molecule has 0 amide bonds. The highest BCUT2D eigenvalue weighted by molar-refractivity contribution is 5.88. The fraction of sp³-hybridized carbons (Fsp3) is 0.700. The van der Waals surface area contributed by atoms with Gasteiger partial charge in [0, 0.05) is 18.3 Å². The second-order valence-electron chi connectivity index (χ2n) is 6.80. The monoisotopic (exact) mass is 336 g/mol. The van der Waals surface area contributed by atoms with E-state index in [0.29, 0.717) is 12.8 Å². The molecule has 4 nitrogen and oxygen atoms in total. The Bertz CT molecular complexity index is 453. The fourth-order valence-corrected chi connectivity index (χ4v) is 3.26. The molecule has 24 heavy (non-hydrogen) atoms. The fourth-order valence-electron chi connectivity index (χ4n) is 3.26. The van der Waals surface area contributed by atoms with Gasteiger partial charge in [-0.25, -0.2) is 0 Å². The van der Waals surface area contributed by atoms with E-state index in [-0.39, 0.29) is 12.2 Å². The number of carboxylic acids is 1. The molecule has 136 valence electrons. The Morgan fingerprint density at radius 1 is 1.29 bits per heavy atom. The number of carbonyl (C=O) groups is 2. The summed E-state index contributed by atoms with van der Waals surface area (Å²) in [7, 11) is 0. The largest absolute Gasteiger partial charge is 0.481 e. The van der Waals surface area contributed by atoms with Gasteiger partial charge in [-0.2, -0.15) is 0 Å². The lowest BCUT2D eigenvalue weighted by molar-refractivity contribution is -0.136. The molecule has 1 saturated carbocycles. The van der Waals surface area contributed by atoms with Crippen LogP contribution in [0.4, 0.5) is 0 Å². The Morgan fingerprint density at radius 3 is 2.67 bits per heavy atom. The Morgan fingerprint density at radius 2 is 2.04 bits per heavy atom. The summed E-state index contributed by atoms with van der Waals surface area (Å²) in [5.74, 6) is -0.513. The number of rotatable bonds is 12. The second kappa shape index (κ2) is 11.2. The second-order valence-corrected chi connectivity index (χ2v) is 6.80. The number of hydrogen-bond donors (Lipinski definition) is 2. The van der Waals surface area contributed by atoms with Crippen LogP contribution in [-0.2, 0) is 9.59 Å². The highest BCUT2D eigenvalue weighted by atomic mass is 16.4. The molecule has 0 aromatic rings. The standard InChI is InChI=1S/C20H32O4/c1-2-3-6-10-17(21)13-16-20(15-9-11-18(20)22)14-8-5-4-7-12-19(23)24/h4-5,13,16-17,21H,2-3,6-12,14-15H2,1H3,(H,23,24). The summed E-state index contributed by atoms with van der Waals surface area (Å²) < 4.78 is 0. The number of hydrogen-bond acceptors (Lipinski definition) is 3.